The van der Waals surface area contributed by atoms with Crippen LogP contribution in [0.2, 0.25) is 0 Å². The van der Waals surface area contributed by atoms with Crippen molar-refractivity contribution < 1.29 is 4.79 Å². The lowest BCUT2D eigenvalue weighted by Gasteiger charge is -2.36. The molecule has 0 aliphatic carbocycles. The highest BCUT2D eigenvalue weighted by atomic mass is 32.1. The number of aryl methyl sites for hydroxylation is 2. The van der Waals surface area contributed by atoms with Crippen molar-refractivity contribution in [2.75, 3.05) is 49.1 Å². The predicted octanol–water partition coefficient (Wildman–Crippen LogP) is 3.12. The zero-order valence-corrected chi connectivity index (χ0v) is 17.5. The molecule has 2 fully saturated rings. The lowest BCUT2D eigenvalue weighted by Crippen LogP contribution is -2.49. The molecule has 2 aromatic rings. The van der Waals surface area contributed by atoms with Crippen LogP contribution in [0.3, 0.4) is 0 Å². The minimum Gasteiger partial charge on any atom is -0.353 e. The van der Waals surface area contributed by atoms with Crippen LogP contribution in [0.15, 0.2) is 23.7 Å². The van der Waals surface area contributed by atoms with E-state index in [9.17, 15) is 4.79 Å². The van der Waals surface area contributed by atoms with E-state index in [-0.39, 0.29) is 5.91 Å². The van der Waals surface area contributed by atoms with Gasteiger partial charge in [0.05, 0.1) is 0 Å². The van der Waals surface area contributed by atoms with Gasteiger partial charge in [-0.3, -0.25) is 4.79 Å². The summed E-state index contributed by atoms with van der Waals surface area (Å²) in [5.41, 5.74) is 1.30. The minimum absolute atomic E-state index is 0.268. The average molecular weight is 400 g/mol. The highest BCUT2D eigenvalue weighted by Gasteiger charge is 2.23. The smallest absolute Gasteiger partial charge is 0.227 e. The molecule has 4 heterocycles. The van der Waals surface area contributed by atoms with Crippen molar-refractivity contribution in [2.24, 2.45) is 0 Å². The van der Waals surface area contributed by atoms with Gasteiger partial charge in [0.2, 0.25) is 11.9 Å². The van der Waals surface area contributed by atoms with Crippen LogP contribution in [0.25, 0.3) is 0 Å². The van der Waals surface area contributed by atoms with Crippen LogP contribution in [0.5, 0.6) is 0 Å². The monoisotopic (exact) mass is 399 g/mol. The molecule has 7 heteroatoms. The Morgan fingerprint density at radius 1 is 1.04 bits per heavy atom. The van der Waals surface area contributed by atoms with Gasteiger partial charge in [0.25, 0.3) is 0 Å². The number of anilines is 2. The van der Waals surface area contributed by atoms with Gasteiger partial charge in [0.15, 0.2) is 0 Å². The van der Waals surface area contributed by atoms with Crippen LogP contribution in [0.4, 0.5) is 11.8 Å². The highest BCUT2D eigenvalue weighted by molar-refractivity contribution is 7.10. The summed E-state index contributed by atoms with van der Waals surface area (Å²) in [5.74, 6) is 2.10. The zero-order valence-electron chi connectivity index (χ0n) is 16.6. The van der Waals surface area contributed by atoms with Crippen molar-refractivity contribution in [1.29, 1.82) is 0 Å². The van der Waals surface area contributed by atoms with Crippen LogP contribution < -0.4 is 9.80 Å². The number of rotatable bonds is 5. The maximum absolute atomic E-state index is 12.6. The van der Waals surface area contributed by atoms with E-state index in [1.165, 1.54) is 29.7 Å². The van der Waals surface area contributed by atoms with Gasteiger partial charge < -0.3 is 14.7 Å². The maximum Gasteiger partial charge on any atom is 0.227 e. The second kappa shape index (κ2) is 8.90. The molecular formula is C21H29N5OS. The van der Waals surface area contributed by atoms with Gasteiger partial charge in [-0.15, -0.1) is 11.3 Å². The van der Waals surface area contributed by atoms with Crippen molar-refractivity contribution in [3.05, 3.63) is 34.2 Å². The summed E-state index contributed by atoms with van der Waals surface area (Å²) in [4.78, 5) is 29.8. The summed E-state index contributed by atoms with van der Waals surface area (Å²) in [5, 5.41) is 2.10. The van der Waals surface area contributed by atoms with E-state index in [4.69, 9.17) is 4.98 Å². The van der Waals surface area contributed by atoms with Crippen LogP contribution in [0, 0.1) is 6.92 Å². The molecule has 2 aliphatic heterocycles. The Morgan fingerprint density at radius 2 is 1.82 bits per heavy atom. The number of hydrogen-bond acceptors (Lipinski definition) is 6. The zero-order chi connectivity index (χ0) is 19.3. The van der Waals surface area contributed by atoms with Gasteiger partial charge in [0.1, 0.15) is 5.82 Å². The third-order valence-corrected chi connectivity index (χ3v) is 6.84. The maximum atomic E-state index is 12.6. The van der Waals surface area contributed by atoms with Crippen LogP contribution in [0.1, 0.15) is 36.1 Å². The van der Waals surface area contributed by atoms with Gasteiger partial charge in [-0.25, -0.2) is 4.98 Å². The molecule has 0 radical (unpaired) electrons. The first kappa shape index (κ1) is 19.2. The number of carbonyl (C=O) groups excluding carboxylic acids is 1. The number of aromatic nitrogens is 2. The average Bonchev–Trinajstić information content (AvgIpc) is 3.17. The predicted molar refractivity (Wildman–Crippen MR) is 114 cm³/mol. The molecule has 0 aromatic carbocycles. The number of amides is 1. The summed E-state index contributed by atoms with van der Waals surface area (Å²) in [6.45, 7) is 7.43. The van der Waals surface area contributed by atoms with Gasteiger partial charge in [0, 0.05) is 56.8 Å². The van der Waals surface area contributed by atoms with E-state index >= 15 is 0 Å². The topological polar surface area (TPSA) is 52.6 Å². The molecule has 0 saturated carbocycles. The summed E-state index contributed by atoms with van der Waals surface area (Å²) in [6.07, 6.45) is 7.08. The number of thiophene rings is 1. The molecule has 0 bridgehead atoms. The molecule has 150 valence electrons. The Balaban J connectivity index is 1.30. The lowest BCUT2D eigenvalue weighted by molar-refractivity contribution is -0.131. The number of carbonyl (C=O) groups is 1. The number of piperidine rings is 1. The van der Waals surface area contributed by atoms with Crippen LogP contribution in [-0.2, 0) is 11.2 Å². The molecule has 0 spiro atoms. The van der Waals surface area contributed by atoms with Crippen LogP contribution in [-0.4, -0.2) is 60.0 Å². The Morgan fingerprint density at radius 3 is 2.54 bits per heavy atom. The number of piperazine rings is 1. The quantitative estimate of drug-likeness (QED) is 0.773. The van der Waals surface area contributed by atoms with Crippen molar-refractivity contribution in [1.82, 2.24) is 14.9 Å². The fourth-order valence-electron chi connectivity index (χ4n) is 3.99. The number of hydrogen-bond donors (Lipinski definition) is 0. The Kier molecular flexibility index (Phi) is 6.10. The fourth-order valence-corrected chi connectivity index (χ4v) is 4.90. The molecule has 0 N–H and O–H groups in total. The highest BCUT2D eigenvalue weighted by Crippen LogP contribution is 2.21. The van der Waals surface area contributed by atoms with E-state index in [0.29, 0.717) is 6.42 Å². The van der Waals surface area contributed by atoms with E-state index in [0.717, 1.165) is 57.5 Å². The second-order valence-electron chi connectivity index (χ2n) is 7.66. The fraction of sp³-hybridized carbons (Fsp3) is 0.571. The first-order valence-electron chi connectivity index (χ1n) is 10.3. The molecule has 4 rings (SSSR count). The SMILES string of the molecule is Cc1ccsc1CCC(=O)N1CCN(c2ccnc(N3CCCCC3)n2)CC1. The molecule has 0 unspecified atom stereocenters. The molecular weight excluding hydrogens is 370 g/mol. The van der Waals surface area contributed by atoms with Crippen molar-refractivity contribution in [2.45, 2.75) is 39.0 Å². The summed E-state index contributed by atoms with van der Waals surface area (Å²) >= 11 is 1.75. The van der Waals surface area contributed by atoms with Crippen LogP contribution >= 0.6 is 11.3 Å². The lowest BCUT2D eigenvalue weighted by atomic mass is 10.1. The molecule has 2 aliphatic rings. The third-order valence-electron chi connectivity index (χ3n) is 5.76. The van der Waals surface area contributed by atoms with Crippen molar-refractivity contribution in [3.63, 3.8) is 0 Å². The molecule has 0 atom stereocenters. The van der Waals surface area contributed by atoms with E-state index in [1.807, 2.05) is 17.2 Å². The summed E-state index contributed by atoms with van der Waals surface area (Å²) in [7, 11) is 0. The third kappa shape index (κ3) is 4.46. The van der Waals surface area contributed by atoms with E-state index in [1.54, 1.807) is 11.3 Å². The van der Waals surface area contributed by atoms with E-state index in [2.05, 4.69) is 33.2 Å². The first-order chi connectivity index (χ1) is 13.7. The van der Waals surface area contributed by atoms with Crippen molar-refractivity contribution >= 4 is 29.0 Å². The van der Waals surface area contributed by atoms with Gasteiger partial charge in [-0.1, -0.05) is 0 Å². The van der Waals surface area contributed by atoms with Gasteiger partial charge >= 0.3 is 0 Å². The summed E-state index contributed by atoms with van der Waals surface area (Å²) < 4.78 is 0. The normalized spacial score (nSPS) is 17.8. The second-order valence-corrected chi connectivity index (χ2v) is 8.66. The summed E-state index contributed by atoms with van der Waals surface area (Å²) in [6, 6.07) is 4.12. The van der Waals surface area contributed by atoms with E-state index < -0.39 is 0 Å². The van der Waals surface area contributed by atoms with Crippen molar-refractivity contribution in [3.8, 4) is 0 Å². The first-order valence-corrected chi connectivity index (χ1v) is 11.2. The molecule has 28 heavy (non-hydrogen) atoms. The molecule has 2 aromatic heterocycles. The molecule has 1 amide bonds. The minimum atomic E-state index is 0.268. The number of nitrogens with zero attached hydrogens (tertiary/aromatic N) is 5. The Bertz CT molecular complexity index is 794. The van der Waals surface area contributed by atoms with Gasteiger partial charge in [-0.2, -0.15) is 4.98 Å². The molecule has 2 saturated heterocycles. The van der Waals surface area contributed by atoms with Gasteiger partial charge in [-0.05, 0) is 55.7 Å². The Labute approximate surface area is 171 Å². The Hall–Kier alpha value is -2.15. The standard InChI is InChI=1S/C21H29N5OS/c1-17-8-16-28-18(17)5-6-20(27)25-14-12-24(13-15-25)19-7-9-22-21(23-19)26-10-3-2-4-11-26/h7-9,16H,2-6,10-15H2,1H3. The largest absolute Gasteiger partial charge is 0.353 e. The molecule has 6 nitrogen and oxygen atoms in total.